The molecule has 1 aromatic carbocycles. The van der Waals surface area contributed by atoms with E-state index in [0.29, 0.717) is 48.2 Å². The zero-order chi connectivity index (χ0) is 21.4. The molecule has 2 aromatic rings. The van der Waals surface area contributed by atoms with E-state index in [2.05, 4.69) is 0 Å². The Labute approximate surface area is 177 Å². The summed E-state index contributed by atoms with van der Waals surface area (Å²) < 4.78 is 10.8. The molecule has 0 saturated carbocycles. The first-order chi connectivity index (χ1) is 14.4. The summed E-state index contributed by atoms with van der Waals surface area (Å²) >= 11 is 5.53. The molecule has 1 amide bonds. The van der Waals surface area contributed by atoms with Gasteiger partial charge in [0.1, 0.15) is 17.6 Å². The molecule has 4 rings (SSSR count). The molecule has 2 aliphatic rings. The molecule has 1 unspecified atom stereocenters. The first-order valence-corrected chi connectivity index (χ1v) is 9.99. The number of nitro benzene ring substituents is 1. The van der Waals surface area contributed by atoms with Crippen LogP contribution in [0.5, 0.6) is 0 Å². The fourth-order valence-electron chi connectivity index (χ4n) is 3.75. The molecule has 0 radical (unpaired) electrons. The quantitative estimate of drug-likeness (QED) is 0.286. The van der Waals surface area contributed by atoms with Gasteiger partial charge in [-0.3, -0.25) is 24.6 Å². The van der Waals surface area contributed by atoms with Crippen LogP contribution in [0.3, 0.4) is 0 Å². The van der Waals surface area contributed by atoms with Crippen molar-refractivity contribution in [3.63, 3.8) is 0 Å². The van der Waals surface area contributed by atoms with Crippen LogP contribution in [0.4, 0.5) is 11.4 Å². The van der Waals surface area contributed by atoms with E-state index in [9.17, 15) is 19.7 Å². The Morgan fingerprint density at radius 1 is 1.37 bits per heavy atom. The molecule has 0 bridgehead atoms. The number of furan rings is 1. The van der Waals surface area contributed by atoms with Gasteiger partial charge < -0.3 is 14.1 Å². The Morgan fingerprint density at radius 3 is 2.77 bits per heavy atom. The molecule has 0 N–H and O–H groups in total. The summed E-state index contributed by atoms with van der Waals surface area (Å²) in [6.07, 6.45) is 1.10. The minimum absolute atomic E-state index is 0.00249. The van der Waals surface area contributed by atoms with Crippen molar-refractivity contribution in [2.24, 2.45) is 0 Å². The number of hydrogen-bond donors (Lipinski definition) is 0. The molecule has 1 fully saturated rings. The first-order valence-electron chi connectivity index (χ1n) is 9.58. The van der Waals surface area contributed by atoms with Crippen LogP contribution < -0.4 is 4.90 Å². The molecule has 10 heteroatoms. The van der Waals surface area contributed by atoms with Gasteiger partial charge in [0, 0.05) is 43.1 Å². The van der Waals surface area contributed by atoms with Crippen molar-refractivity contribution in [1.82, 2.24) is 4.90 Å². The highest BCUT2D eigenvalue weighted by molar-refractivity contribution is 7.80. The molecule has 9 nitrogen and oxygen atoms in total. The third-order valence-corrected chi connectivity index (χ3v) is 5.57. The number of carbonyl (C=O) groups excluding carboxylic acids is 2. The van der Waals surface area contributed by atoms with Crippen LogP contribution in [0.1, 0.15) is 25.5 Å². The van der Waals surface area contributed by atoms with E-state index in [1.807, 2.05) is 0 Å². The molecule has 2 aliphatic heterocycles. The maximum atomic E-state index is 12.8. The number of non-ortho nitro benzene ring substituents is 1. The fraction of sp³-hybridized carbons (Fsp3) is 0.350. The first kappa shape index (κ1) is 20.0. The highest BCUT2D eigenvalue weighted by Gasteiger charge is 2.49. The Balaban J connectivity index is 1.48. The van der Waals surface area contributed by atoms with Crippen molar-refractivity contribution in [2.45, 2.75) is 32.2 Å². The van der Waals surface area contributed by atoms with Gasteiger partial charge in [-0.15, -0.1) is 0 Å². The van der Waals surface area contributed by atoms with Gasteiger partial charge in [0.05, 0.1) is 17.2 Å². The predicted molar refractivity (Wildman–Crippen MR) is 111 cm³/mol. The highest BCUT2D eigenvalue weighted by atomic mass is 32.1. The maximum absolute atomic E-state index is 12.8. The van der Waals surface area contributed by atoms with Crippen LogP contribution >= 0.6 is 12.2 Å². The van der Waals surface area contributed by atoms with Crippen molar-refractivity contribution in [1.29, 1.82) is 0 Å². The van der Waals surface area contributed by atoms with E-state index < -0.39 is 11.0 Å². The van der Waals surface area contributed by atoms with Crippen molar-refractivity contribution >= 4 is 40.6 Å². The Hall–Kier alpha value is -3.27. The average molecular weight is 429 g/mol. The van der Waals surface area contributed by atoms with Crippen LogP contribution in [0.2, 0.25) is 0 Å². The zero-order valence-electron chi connectivity index (χ0n) is 16.2. The fourth-order valence-corrected chi connectivity index (χ4v) is 4.16. The third kappa shape index (κ3) is 3.43. The van der Waals surface area contributed by atoms with Crippen LogP contribution in [0.25, 0.3) is 11.3 Å². The number of nitrogens with zero attached hydrogens (tertiary/aromatic N) is 3. The SMILES string of the molecule is CCOC(=O)CCCN1C(=O)C2Cc3oc(-c4ccc([N+](=O)[O-])cc4)cc3N2C1=S. The number of esters is 1. The van der Waals surface area contributed by atoms with Gasteiger partial charge in [0.2, 0.25) is 0 Å². The summed E-state index contributed by atoms with van der Waals surface area (Å²) in [5.74, 6) is 0.826. The number of nitro groups is 1. The van der Waals surface area contributed by atoms with Crippen molar-refractivity contribution < 1.29 is 23.7 Å². The van der Waals surface area contributed by atoms with Crippen molar-refractivity contribution in [3.8, 4) is 11.3 Å². The molecule has 30 heavy (non-hydrogen) atoms. The number of anilines is 1. The maximum Gasteiger partial charge on any atom is 0.305 e. The molecular weight excluding hydrogens is 410 g/mol. The number of fused-ring (bicyclic) bond motifs is 3. The van der Waals surface area contributed by atoms with Crippen LogP contribution in [0.15, 0.2) is 34.7 Å². The lowest BCUT2D eigenvalue weighted by atomic mass is 10.1. The molecular formula is C20H19N3O6S. The number of thiocarbonyl (C=S) groups is 1. The highest BCUT2D eigenvalue weighted by Crippen LogP contribution is 2.42. The summed E-state index contributed by atoms with van der Waals surface area (Å²) in [5.41, 5.74) is 1.44. The van der Waals surface area contributed by atoms with Crippen LogP contribution in [-0.2, 0) is 20.7 Å². The lowest BCUT2D eigenvalue weighted by Gasteiger charge is -2.18. The van der Waals surface area contributed by atoms with Crippen LogP contribution in [-0.4, -0.2) is 46.0 Å². The Bertz CT molecular complexity index is 1030. The Morgan fingerprint density at radius 2 is 2.10 bits per heavy atom. The molecule has 1 aromatic heterocycles. The normalized spacial score (nSPS) is 17.3. The van der Waals surface area contributed by atoms with Gasteiger partial charge in [0.25, 0.3) is 11.6 Å². The Kier molecular flexibility index (Phi) is 5.25. The van der Waals surface area contributed by atoms with E-state index in [1.165, 1.54) is 17.0 Å². The lowest BCUT2D eigenvalue weighted by molar-refractivity contribution is -0.384. The number of amides is 1. The number of rotatable bonds is 7. The van der Waals surface area contributed by atoms with E-state index in [1.54, 1.807) is 30.0 Å². The number of hydrogen-bond acceptors (Lipinski definition) is 7. The molecule has 1 atom stereocenters. The monoisotopic (exact) mass is 429 g/mol. The van der Waals surface area contributed by atoms with Gasteiger partial charge >= 0.3 is 5.97 Å². The minimum atomic E-state index is -0.457. The standard InChI is InChI=1S/C20H19N3O6S/c1-2-28-18(24)4-3-9-21-19(25)15-11-17-14(22(15)20(21)30)10-16(29-17)12-5-7-13(8-6-12)23(26)27/h5-8,10,15H,2-4,9,11H2,1H3. The average Bonchev–Trinajstić information content (AvgIpc) is 3.34. The zero-order valence-corrected chi connectivity index (χ0v) is 17.0. The van der Waals surface area contributed by atoms with E-state index >= 15 is 0 Å². The van der Waals surface area contributed by atoms with Gasteiger partial charge in [-0.05, 0) is 37.7 Å². The number of ether oxygens (including phenoxy) is 1. The smallest absolute Gasteiger partial charge is 0.305 e. The van der Waals surface area contributed by atoms with E-state index in [-0.39, 0.29) is 24.0 Å². The van der Waals surface area contributed by atoms with Gasteiger partial charge in [0.15, 0.2) is 5.11 Å². The number of carbonyl (C=O) groups is 2. The number of benzene rings is 1. The predicted octanol–water partition coefficient (Wildman–Crippen LogP) is 3.06. The lowest BCUT2D eigenvalue weighted by Crippen LogP contribution is -2.33. The van der Waals surface area contributed by atoms with Gasteiger partial charge in [-0.1, -0.05) is 0 Å². The van der Waals surface area contributed by atoms with Crippen molar-refractivity contribution in [2.75, 3.05) is 18.1 Å². The summed E-state index contributed by atoms with van der Waals surface area (Å²) in [6.45, 7) is 2.43. The van der Waals surface area contributed by atoms with E-state index in [4.69, 9.17) is 21.4 Å². The van der Waals surface area contributed by atoms with Gasteiger partial charge in [-0.25, -0.2) is 0 Å². The second kappa shape index (κ2) is 7.86. The molecule has 0 spiro atoms. The summed E-state index contributed by atoms with van der Waals surface area (Å²) in [5, 5.41) is 11.2. The minimum Gasteiger partial charge on any atom is -0.466 e. The summed E-state index contributed by atoms with van der Waals surface area (Å²) in [6, 6.07) is 7.46. The molecule has 0 aliphatic carbocycles. The second-order valence-corrected chi connectivity index (χ2v) is 7.36. The summed E-state index contributed by atoms with van der Waals surface area (Å²) in [4.78, 5) is 38.0. The second-order valence-electron chi connectivity index (χ2n) is 6.99. The van der Waals surface area contributed by atoms with Crippen molar-refractivity contribution in [3.05, 3.63) is 46.2 Å². The topological polar surface area (TPSA) is 106 Å². The summed E-state index contributed by atoms with van der Waals surface area (Å²) in [7, 11) is 0. The largest absolute Gasteiger partial charge is 0.466 e. The molecule has 156 valence electrons. The van der Waals surface area contributed by atoms with Gasteiger partial charge in [-0.2, -0.15) is 0 Å². The third-order valence-electron chi connectivity index (χ3n) is 5.16. The molecule has 1 saturated heterocycles. The van der Waals surface area contributed by atoms with Crippen LogP contribution in [0, 0.1) is 10.1 Å². The molecule has 3 heterocycles. The van der Waals surface area contributed by atoms with E-state index in [0.717, 1.165) is 5.69 Å².